The Morgan fingerprint density at radius 1 is 0.939 bits per heavy atom. The third kappa shape index (κ3) is 3.02. The van der Waals surface area contributed by atoms with Crippen molar-refractivity contribution in [3.8, 4) is 0 Å². The van der Waals surface area contributed by atoms with Crippen molar-refractivity contribution in [3.05, 3.63) is 0 Å². The Morgan fingerprint density at radius 2 is 1.70 bits per heavy atom. The molecule has 4 heteroatoms. The molecular formula is C29H46O4. The van der Waals surface area contributed by atoms with Gasteiger partial charge in [-0.15, -0.1) is 0 Å². The summed E-state index contributed by atoms with van der Waals surface area (Å²) in [7, 11) is 0. The maximum absolute atomic E-state index is 12.7. The second-order valence-corrected chi connectivity index (χ2v) is 13.9. The molecule has 33 heavy (non-hydrogen) atoms. The first-order valence-electron chi connectivity index (χ1n) is 14.1. The quantitative estimate of drug-likeness (QED) is 0.555. The molecule has 0 radical (unpaired) electrons. The second-order valence-electron chi connectivity index (χ2n) is 13.9. The standard InChI is InChI=1S/C29H46O4/c1-16-12-23(18(3)30)29(32-15-16)17(2)26-25(33-29)14-24-21-7-6-19-13-20(31)8-10-27(19,4)22(21)9-11-28(24,26)5/h16-17,19-26,31H,6-15H2,1-5H3/t16-,17-,19+,20-,21+,22-,23+,24-,25-,26-,27-,28-,29-/m0/s1. The van der Waals surface area contributed by atoms with Crippen molar-refractivity contribution in [2.45, 2.75) is 110 Å². The average molecular weight is 459 g/mol. The number of carbonyl (C=O) groups is 1. The van der Waals surface area contributed by atoms with Crippen LogP contribution < -0.4 is 0 Å². The van der Waals surface area contributed by atoms with Gasteiger partial charge in [-0.1, -0.05) is 27.7 Å². The van der Waals surface area contributed by atoms with E-state index in [-0.39, 0.29) is 29.8 Å². The van der Waals surface area contributed by atoms with Crippen LogP contribution in [-0.4, -0.2) is 35.5 Å². The summed E-state index contributed by atoms with van der Waals surface area (Å²) in [6.45, 7) is 12.1. The molecule has 2 saturated heterocycles. The van der Waals surface area contributed by atoms with Crippen LogP contribution in [0.15, 0.2) is 0 Å². The summed E-state index contributed by atoms with van der Waals surface area (Å²) in [4.78, 5) is 12.7. The summed E-state index contributed by atoms with van der Waals surface area (Å²) in [6.07, 6.45) is 10.7. The van der Waals surface area contributed by atoms with E-state index in [4.69, 9.17) is 9.47 Å². The first-order chi connectivity index (χ1) is 15.6. The van der Waals surface area contributed by atoms with Gasteiger partial charge in [-0.05, 0) is 111 Å². The van der Waals surface area contributed by atoms with Gasteiger partial charge < -0.3 is 14.6 Å². The van der Waals surface area contributed by atoms with Crippen LogP contribution >= 0.6 is 0 Å². The van der Waals surface area contributed by atoms with Gasteiger partial charge in [-0.2, -0.15) is 0 Å². The van der Waals surface area contributed by atoms with Crippen LogP contribution in [0.4, 0.5) is 0 Å². The molecule has 4 aliphatic carbocycles. The van der Waals surface area contributed by atoms with E-state index < -0.39 is 5.79 Å². The highest BCUT2D eigenvalue weighted by atomic mass is 16.7. The highest BCUT2D eigenvalue weighted by molar-refractivity contribution is 5.79. The number of ether oxygens (including phenoxy) is 2. The van der Waals surface area contributed by atoms with E-state index in [0.717, 1.165) is 43.4 Å². The predicted molar refractivity (Wildman–Crippen MR) is 127 cm³/mol. The molecule has 0 aromatic rings. The number of hydrogen-bond acceptors (Lipinski definition) is 4. The van der Waals surface area contributed by atoms with Gasteiger partial charge in [-0.3, -0.25) is 4.79 Å². The minimum atomic E-state index is -0.693. The Morgan fingerprint density at radius 3 is 2.45 bits per heavy atom. The zero-order valence-corrected chi connectivity index (χ0v) is 21.5. The largest absolute Gasteiger partial charge is 0.393 e. The smallest absolute Gasteiger partial charge is 0.181 e. The Balaban J connectivity index is 1.28. The minimum Gasteiger partial charge on any atom is -0.393 e. The Hall–Kier alpha value is -0.450. The third-order valence-corrected chi connectivity index (χ3v) is 12.4. The molecule has 2 heterocycles. The van der Waals surface area contributed by atoms with Crippen LogP contribution in [-0.2, 0) is 14.3 Å². The molecule has 13 atom stereocenters. The molecule has 0 bridgehead atoms. The van der Waals surface area contributed by atoms with Crippen molar-refractivity contribution in [2.24, 2.45) is 58.2 Å². The van der Waals surface area contributed by atoms with E-state index in [1.807, 2.05) is 0 Å². The van der Waals surface area contributed by atoms with E-state index in [9.17, 15) is 9.90 Å². The van der Waals surface area contributed by atoms with Gasteiger partial charge in [0.25, 0.3) is 0 Å². The lowest BCUT2D eigenvalue weighted by Crippen LogP contribution is -2.57. The highest BCUT2D eigenvalue weighted by Gasteiger charge is 2.71. The van der Waals surface area contributed by atoms with E-state index in [1.165, 1.54) is 32.1 Å². The monoisotopic (exact) mass is 458 g/mol. The van der Waals surface area contributed by atoms with Gasteiger partial charge in [-0.25, -0.2) is 0 Å². The zero-order valence-electron chi connectivity index (χ0n) is 21.5. The number of carbonyl (C=O) groups excluding carboxylic acids is 1. The lowest BCUT2D eigenvalue weighted by atomic mass is 9.44. The molecule has 6 rings (SSSR count). The second kappa shape index (κ2) is 7.53. The van der Waals surface area contributed by atoms with Gasteiger partial charge >= 0.3 is 0 Å². The summed E-state index contributed by atoms with van der Waals surface area (Å²) in [5, 5.41) is 10.3. The molecule has 0 amide bonds. The van der Waals surface area contributed by atoms with E-state index in [0.29, 0.717) is 35.2 Å². The fraction of sp³-hybridized carbons (Fsp3) is 0.966. The third-order valence-electron chi connectivity index (χ3n) is 12.4. The number of aliphatic hydroxyl groups is 1. The molecule has 1 N–H and O–H groups in total. The Kier molecular flexibility index (Phi) is 5.24. The van der Waals surface area contributed by atoms with Crippen LogP contribution in [0.3, 0.4) is 0 Å². The topological polar surface area (TPSA) is 55.8 Å². The van der Waals surface area contributed by atoms with Crippen LogP contribution in [0.5, 0.6) is 0 Å². The molecule has 186 valence electrons. The van der Waals surface area contributed by atoms with E-state index in [2.05, 4.69) is 27.7 Å². The first-order valence-corrected chi connectivity index (χ1v) is 14.1. The molecule has 0 aromatic carbocycles. The molecule has 1 spiro atoms. The lowest BCUT2D eigenvalue weighted by Gasteiger charge is -2.61. The summed E-state index contributed by atoms with van der Waals surface area (Å²) in [6, 6.07) is 0. The summed E-state index contributed by atoms with van der Waals surface area (Å²) >= 11 is 0. The Bertz CT molecular complexity index is 811. The van der Waals surface area contributed by atoms with Gasteiger partial charge in [0, 0.05) is 5.92 Å². The van der Waals surface area contributed by atoms with Crippen molar-refractivity contribution in [1.29, 1.82) is 0 Å². The maximum atomic E-state index is 12.7. The molecule has 6 fully saturated rings. The molecular weight excluding hydrogens is 412 g/mol. The number of aliphatic hydroxyl groups excluding tert-OH is 1. The van der Waals surface area contributed by atoms with Crippen molar-refractivity contribution in [3.63, 3.8) is 0 Å². The van der Waals surface area contributed by atoms with Gasteiger partial charge in [0.15, 0.2) is 5.79 Å². The van der Waals surface area contributed by atoms with Crippen molar-refractivity contribution >= 4 is 5.78 Å². The summed E-state index contributed by atoms with van der Waals surface area (Å²) in [5.74, 6) is 3.66. The van der Waals surface area contributed by atoms with Crippen LogP contribution in [0.2, 0.25) is 0 Å². The average Bonchev–Trinajstić information content (AvgIpc) is 3.21. The summed E-state index contributed by atoms with van der Waals surface area (Å²) in [5.41, 5.74) is 0.705. The SMILES string of the molecule is CC(=O)[C@H]1C[C@H](C)CO[C@@]12O[C@H]1C[C@H]3[C@@H]4CC[C@@H]5C[C@@H](O)CC[C@]5(C)[C@H]4CC[C@]3(C)[C@H]1[C@@H]2C. The molecule has 4 saturated carbocycles. The molecule has 0 unspecified atom stereocenters. The lowest BCUT2D eigenvalue weighted by molar-refractivity contribution is -0.294. The molecule has 4 nitrogen and oxygen atoms in total. The van der Waals surface area contributed by atoms with E-state index in [1.54, 1.807) is 6.92 Å². The molecule has 0 aromatic heterocycles. The van der Waals surface area contributed by atoms with Crippen LogP contribution in [0, 0.1) is 58.2 Å². The molecule has 6 aliphatic rings. The normalized spacial score (nSPS) is 60.1. The summed E-state index contributed by atoms with van der Waals surface area (Å²) < 4.78 is 13.5. The fourth-order valence-electron chi connectivity index (χ4n) is 10.9. The van der Waals surface area contributed by atoms with Gasteiger partial charge in [0.05, 0.1) is 24.7 Å². The zero-order chi connectivity index (χ0) is 23.3. The number of fused-ring (bicyclic) bond motifs is 7. The minimum absolute atomic E-state index is 0.0720. The van der Waals surface area contributed by atoms with Crippen LogP contribution in [0.1, 0.15) is 92.4 Å². The predicted octanol–water partition coefficient (Wildman–Crippen LogP) is 5.61. The number of Topliss-reactive ketones (excluding diaryl/α,β-unsaturated/α-hetero) is 1. The fourth-order valence-corrected chi connectivity index (χ4v) is 10.9. The highest BCUT2D eigenvalue weighted by Crippen LogP contribution is 2.71. The number of rotatable bonds is 1. The Labute approximate surface area is 200 Å². The van der Waals surface area contributed by atoms with Crippen molar-refractivity contribution in [1.82, 2.24) is 0 Å². The van der Waals surface area contributed by atoms with Gasteiger partial charge in [0.1, 0.15) is 5.78 Å². The van der Waals surface area contributed by atoms with Crippen molar-refractivity contribution in [2.75, 3.05) is 6.61 Å². The number of hydrogen-bond donors (Lipinski definition) is 1. The van der Waals surface area contributed by atoms with Crippen molar-refractivity contribution < 1.29 is 19.4 Å². The van der Waals surface area contributed by atoms with E-state index >= 15 is 0 Å². The number of ketones is 1. The molecule has 2 aliphatic heterocycles. The van der Waals surface area contributed by atoms with Gasteiger partial charge in [0.2, 0.25) is 0 Å². The van der Waals surface area contributed by atoms with Crippen LogP contribution in [0.25, 0.3) is 0 Å². The maximum Gasteiger partial charge on any atom is 0.181 e. The first kappa shape index (κ1) is 23.0.